The summed E-state index contributed by atoms with van der Waals surface area (Å²) in [6.07, 6.45) is 0. The smallest absolute Gasteiger partial charge is 0.322 e. The Bertz CT molecular complexity index is 502. The topological polar surface area (TPSA) is 95.5 Å². The highest BCUT2D eigenvalue weighted by Crippen LogP contribution is 2.12. The minimum absolute atomic E-state index is 0.211. The molecule has 0 atom stereocenters. The molecule has 0 aliphatic carbocycles. The molecule has 0 radical (unpaired) electrons. The van der Waals surface area contributed by atoms with Gasteiger partial charge in [-0.25, -0.2) is 0 Å². The van der Waals surface area contributed by atoms with E-state index >= 15 is 0 Å². The number of thioether (sulfide) groups is 1. The van der Waals surface area contributed by atoms with E-state index in [1.165, 1.54) is 17.3 Å². The minimum atomic E-state index is -1.12. The van der Waals surface area contributed by atoms with Crippen LogP contribution in [0.3, 0.4) is 0 Å². The normalized spacial score (nSPS) is 9.95. The standard InChI is InChI=1S/C14H18N2O4S/c1-10-2-4-11(5-3-10)8-21-9-13(18)15-6-12(17)16-7-14(19)20/h2-5H,6-9H2,1H3,(H,15,18)(H,16,17)(H,19,20). The monoisotopic (exact) mass is 310 g/mol. The van der Waals surface area contributed by atoms with Crippen LogP contribution < -0.4 is 10.6 Å². The molecule has 21 heavy (non-hydrogen) atoms. The second kappa shape index (κ2) is 9.02. The van der Waals surface area contributed by atoms with Gasteiger partial charge in [0.1, 0.15) is 6.54 Å². The van der Waals surface area contributed by atoms with Crippen LogP contribution in [0.5, 0.6) is 0 Å². The Morgan fingerprint density at radius 2 is 1.67 bits per heavy atom. The van der Waals surface area contributed by atoms with Gasteiger partial charge in [0.05, 0.1) is 12.3 Å². The lowest BCUT2D eigenvalue weighted by Gasteiger charge is -2.05. The number of carbonyl (C=O) groups is 3. The number of rotatable bonds is 8. The number of benzene rings is 1. The quantitative estimate of drug-likeness (QED) is 0.651. The summed E-state index contributed by atoms with van der Waals surface area (Å²) in [4.78, 5) is 32.9. The molecule has 0 saturated heterocycles. The average Bonchev–Trinajstić information content (AvgIpc) is 2.45. The van der Waals surface area contributed by atoms with Crippen LogP contribution in [-0.4, -0.2) is 41.7 Å². The minimum Gasteiger partial charge on any atom is -0.480 e. The van der Waals surface area contributed by atoms with Crippen molar-refractivity contribution in [2.75, 3.05) is 18.8 Å². The molecule has 6 nitrogen and oxygen atoms in total. The van der Waals surface area contributed by atoms with Crippen molar-refractivity contribution in [1.29, 1.82) is 0 Å². The largest absolute Gasteiger partial charge is 0.480 e. The first-order valence-corrected chi connectivity index (χ1v) is 7.51. The van der Waals surface area contributed by atoms with Gasteiger partial charge in [0, 0.05) is 5.75 Å². The molecule has 3 N–H and O–H groups in total. The molecule has 0 aromatic heterocycles. The lowest BCUT2D eigenvalue weighted by Crippen LogP contribution is -2.39. The fourth-order valence-electron chi connectivity index (χ4n) is 1.41. The summed E-state index contributed by atoms with van der Waals surface area (Å²) in [5, 5.41) is 13.0. The number of carboxylic acids is 1. The first-order chi connectivity index (χ1) is 9.97. The highest BCUT2D eigenvalue weighted by atomic mass is 32.2. The van der Waals surface area contributed by atoms with Crippen molar-refractivity contribution >= 4 is 29.5 Å². The van der Waals surface area contributed by atoms with Crippen LogP contribution in [0, 0.1) is 6.92 Å². The molecule has 1 aromatic carbocycles. The van der Waals surface area contributed by atoms with Crippen LogP contribution in [0.2, 0.25) is 0 Å². The van der Waals surface area contributed by atoms with E-state index in [9.17, 15) is 14.4 Å². The molecular weight excluding hydrogens is 292 g/mol. The molecule has 0 aliphatic rings. The van der Waals surface area contributed by atoms with Gasteiger partial charge in [-0.2, -0.15) is 0 Å². The molecule has 0 spiro atoms. The van der Waals surface area contributed by atoms with E-state index in [0.717, 1.165) is 11.3 Å². The number of nitrogens with one attached hydrogen (secondary N) is 2. The summed E-state index contributed by atoms with van der Waals surface area (Å²) < 4.78 is 0. The van der Waals surface area contributed by atoms with E-state index in [1.54, 1.807) is 0 Å². The lowest BCUT2D eigenvalue weighted by atomic mass is 10.2. The SMILES string of the molecule is Cc1ccc(CSCC(=O)NCC(=O)NCC(=O)O)cc1. The first-order valence-electron chi connectivity index (χ1n) is 6.36. The fourth-order valence-corrected chi connectivity index (χ4v) is 2.23. The Balaban J connectivity index is 2.15. The molecule has 7 heteroatoms. The number of hydrogen-bond acceptors (Lipinski definition) is 4. The first kappa shape index (κ1) is 17.0. The summed E-state index contributed by atoms with van der Waals surface area (Å²) in [5.41, 5.74) is 2.33. The van der Waals surface area contributed by atoms with Gasteiger partial charge in [0.15, 0.2) is 0 Å². The highest BCUT2D eigenvalue weighted by Gasteiger charge is 2.06. The number of carbonyl (C=O) groups excluding carboxylic acids is 2. The Labute approximate surface area is 127 Å². The number of carboxylic acid groups (broad SMARTS) is 1. The number of amides is 2. The lowest BCUT2D eigenvalue weighted by molar-refractivity contribution is -0.137. The summed E-state index contributed by atoms with van der Waals surface area (Å²) in [5.74, 6) is -0.922. The molecular formula is C14H18N2O4S. The van der Waals surface area contributed by atoms with Crippen LogP contribution in [0.4, 0.5) is 0 Å². The molecule has 1 rings (SSSR count). The van der Waals surface area contributed by atoms with Crippen LogP contribution in [-0.2, 0) is 20.1 Å². The second-order valence-electron chi connectivity index (χ2n) is 4.43. The van der Waals surface area contributed by atoms with Crippen molar-refractivity contribution in [3.8, 4) is 0 Å². The van der Waals surface area contributed by atoms with E-state index in [-0.39, 0.29) is 18.2 Å². The summed E-state index contributed by atoms with van der Waals surface area (Å²) in [6.45, 7) is 1.36. The van der Waals surface area contributed by atoms with E-state index in [1.807, 2.05) is 31.2 Å². The Kier molecular flexibility index (Phi) is 7.31. The van der Waals surface area contributed by atoms with Gasteiger partial charge in [-0.15, -0.1) is 11.8 Å². The van der Waals surface area contributed by atoms with Crippen molar-refractivity contribution in [2.24, 2.45) is 0 Å². The maximum Gasteiger partial charge on any atom is 0.322 e. The third-order valence-electron chi connectivity index (χ3n) is 2.51. The van der Waals surface area contributed by atoms with Gasteiger partial charge in [-0.05, 0) is 12.5 Å². The third kappa shape index (κ3) is 7.98. The van der Waals surface area contributed by atoms with Gasteiger partial charge in [0.2, 0.25) is 11.8 Å². The van der Waals surface area contributed by atoms with Gasteiger partial charge in [-0.1, -0.05) is 29.8 Å². The Hall–Kier alpha value is -2.02. The maximum atomic E-state index is 11.5. The zero-order valence-corrected chi connectivity index (χ0v) is 12.5. The van der Waals surface area contributed by atoms with Crippen LogP contribution in [0.25, 0.3) is 0 Å². The van der Waals surface area contributed by atoms with Crippen molar-refractivity contribution in [2.45, 2.75) is 12.7 Å². The molecule has 114 valence electrons. The van der Waals surface area contributed by atoms with E-state index < -0.39 is 18.4 Å². The van der Waals surface area contributed by atoms with Crippen molar-refractivity contribution in [3.63, 3.8) is 0 Å². The number of aliphatic carboxylic acids is 1. The zero-order valence-electron chi connectivity index (χ0n) is 11.7. The second-order valence-corrected chi connectivity index (χ2v) is 5.41. The van der Waals surface area contributed by atoms with Crippen LogP contribution in [0.15, 0.2) is 24.3 Å². The molecule has 0 aliphatic heterocycles. The van der Waals surface area contributed by atoms with E-state index in [2.05, 4.69) is 10.6 Å². The molecule has 0 heterocycles. The molecule has 0 saturated carbocycles. The molecule has 0 bridgehead atoms. The highest BCUT2D eigenvalue weighted by molar-refractivity contribution is 7.99. The van der Waals surface area contributed by atoms with Gasteiger partial charge in [-0.3, -0.25) is 14.4 Å². The third-order valence-corrected chi connectivity index (χ3v) is 3.51. The molecule has 0 unspecified atom stereocenters. The Morgan fingerprint density at radius 1 is 1.05 bits per heavy atom. The number of hydrogen-bond donors (Lipinski definition) is 3. The van der Waals surface area contributed by atoms with Gasteiger partial charge >= 0.3 is 5.97 Å². The van der Waals surface area contributed by atoms with Crippen LogP contribution in [0.1, 0.15) is 11.1 Å². The fraction of sp³-hybridized carbons (Fsp3) is 0.357. The van der Waals surface area contributed by atoms with Crippen LogP contribution >= 0.6 is 11.8 Å². The molecule has 1 aromatic rings. The van der Waals surface area contributed by atoms with Crippen molar-refractivity contribution in [1.82, 2.24) is 10.6 Å². The predicted octanol–water partition coefficient (Wildman–Crippen LogP) is 0.545. The predicted molar refractivity (Wildman–Crippen MR) is 81.0 cm³/mol. The molecule has 0 fully saturated rings. The summed E-state index contributed by atoms with van der Waals surface area (Å²) >= 11 is 1.45. The maximum absolute atomic E-state index is 11.5. The van der Waals surface area contributed by atoms with Crippen molar-refractivity contribution in [3.05, 3.63) is 35.4 Å². The summed E-state index contributed by atoms with van der Waals surface area (Å²) in [7, 11) is 0. The molecule has 2 amide bonds. The van der Waals surface area contributed by atoms with Gasteiger partial charge in [0.25, 0.3) is 0 Å². The van der Waals surface area contributed by atoms with Gasteiger partial charge < -0.3 is 15.7 Å². The number of aryl methyl sites for hydroxylation is 1. The van der Waals surface area contributed by atoms with Crippen molar-refractivity contribution < 1.29 is 19.5 Å². The Morgan fingerprint density at radius 3 is 2.29 bits per heavy atom. The summed E-state index contributed by atoms with van der Waals surface area (Å²) in [6, 6.07) is 8.06. The zero-order chi connectivity index (χ0) is 15.7. The van der Waals surface area contributed by atoms with E-state index in [4.69, 9.17) is 5.11 Å². The van der Waals surface area contributed by atoms with E-state index in [0.29, 0.717) is 0 Å². The average molecular weight is 310 g/mol.